The number of halogens is 21. The van der Waals surface area contributed by atoms with Gasteiger partial charge in [0.25, 0.3) is 0 Å². The van der Waals surface area contributed by atoms with Crippen LogP contribution in [0.25, 0.3) is 0 Å². The third kappa shape index (κ3) is 36.3. The lowest BCUT2D eigenvalue weighted by Gasteiger charge is -1.97. The normalized spacial score (nSPS) is 14.0. The van der Waals surface area contributed by atoms with Gasteiger partial charge in [-0.15, -0.1) is 0 Å². The Morgan fingerprint density at radius 2 is 0.196 bits per heavy atom. The van der Waals surface area contributed by atoms with Gasteiger partial charge in [-0.2, -0.15) is 151 Å². The summed E-state index contributed by atoms with van der Waals surface area (Å²) in [5.41, 5.74) is -38.7. The molecule has 0 aliphatic carbocycles. The molecule has 0 bridgehead atoms. The van der Waals surface area contributed by atoms with E-state index in [2.05, 4.69) is 0 Å². The van der Waals surface area contributed by atoms with Crippen LogP contribution in [0.1, 0.15) is 0 Å². The zero-order valence-electron chi connectivity index (χ0n) is 23.1. The highest BCUT2D eigenvalue weighted by Gasteiger charge is 2.48. The van der Waals surface area contributed by atoms with Crippen LogP contribution in [-0.2, 0) is 70.8 Å². The molecule has 0 atom stereocenters. The number of alkyl halides is 21. The van der Waals surface area contributed by atoms with Gasteiger partial charge in [0.1, 0.15) is 0 Å². The summed E-state index contributed by atoms with van der Waals surface area (Å²) in [5.74, 6) is 0. The summed E-state index contributed by atoms with van der Waals surface area (Å²) in [6, 6.07) is 0. The topological polar surface area (TPSA) is 381 Å². The molecule has 0 aromatic carbocycles. The van der Waals surface area contributed by atoms with Crippen molar-refractivity contribution in [2.45, 2.75) is 38.6 Å². The molecule has 0 aliphatic rings. The first-order chi connectivity index (χ1) is 22.8. The molecular weight excluding hydrogens is 1040 g/mol. The second-order valence-electron chi connectivity index (χ2n) is 6.45. The Balaban J connectivity index is -0.000000100. The third-order valence-corrected chi connectivity index (χ3v) is 6.14. The lowest BCUT2D eigenvalue weighted by Crippen LogP contribution is -2.21. The molecule has 0 heterocycles. The quantitative estimate of drug-likeness (QED) is 0.104. The molecule has 0 saturated carbocycles. The predicted molar refractivity (Wildman–Crippen MR) is 123 cm³/mol. The van der Waals surface area contributed by atoms with E-state index in [9.17, 15) is 92.2 Å². The Hall–Kier alpha value is -2.10. The maximum Gasteiger partial charge on any atom is 0.522 e. The first kappa shape index (κ1) is 68.6. The van der Waals surface area contributed by atoms with Gasteiger partial charge >= 0.3 is 109 Å². The molecule has 0 aliphatic heterocycles. The van der Waals surface area contributed by atoms with Gasteiger partial charge in [0, 0.05) is 0 Å². The largest absolute Gasteiger partial charge is 0.522 e. The van der Waals surface area contributed by atoms with E-state index in [1.807, 2.05) is 0 Å². The molecule has 0 amide bonds. The Labute approximate surface area is 292 Å². The lowest BCUT2D eigenvalue weighted by molar-refractivity contribution is -0.0514. The van der Waals surface area contributed by atoms with E-state index in [1.165, 1.54) is 0 Å². The van der Waals surface area contributed by atoms with Gasteiger partial charge in [-0.3, -0.25) is 31.9 Å². The molecule has 7 N–H and O–H groups in total. The summed E-state index contributed by atoms with van der Waals surface area (Å²) >= 11 is 0. The Morgan fingerprint density at radius 1 is 0.179 bits per heavy atom. The summed E-state index contributed by atoms with van der Waals surface area (Å²) in [6.45, 7) is 0. The van der Waals surface area contributed by atoms with Crippen LogP contribution in [0.2, 0.25) is 0 Å². The van der Waals surface area contributed by atoms with E-state index < -0.39 is 109 Å². The van der Waals surface area contributed by atoms with Gasteiger partial charge in [0.15, 0.2) is 0 Å². The van der Waals surface area contributed by atoms with Gasteiger partial charge in [0.05, 0.1) is 0 Å². The van der Waals surface area contributed by atoms with Gasteiger partial charge < -0.3 is 0 Å². The first-order valence-electron chi connectivity index (χ1n) is 9.01. The fraction of sp³-hybridized carbons (Fsp3) is 1.00. The van der Waals surface area contributed by atoms with Crippen molar-refractivity contribution in [2.75, 3.05) is 0 Å². The third-order valence-electron chi connectivity index (χ3n) is 2.05. The Kier molecular flexibility index (Phi) is 26.0. The fourth-order valence-electron chi connectivity index (χ4n) is 0. The average Bonchev–Trinajstić information content (AvgIpc) is 2.72. The summed E-state index contributed by atoms with van der Waals surface area (Å²) in [4.78, 5) is 0. The maximum absolute atomic E-state index is 10.7. The Morgan fingerprint density at radius 3 is 0.196 bits per heavy atom. The van der Waals surface area contributed by atoms with Gasteiger partial charge in [-0.25, -0.2) is 0 Å². The minimum Gasteiger partial charge on any atom is -0.279 e. The van der Waals surface area contributed by atoms with Crippen LogP contribution in [-0.4, -0.2) is 129 Å². The molecule has 21 nitrogen and oxygen atoms in total. The summed E-state index contributed by atoms with van der Waals surface area (Å²) in [6.07, 6.45) is 0. The van der Waals surface area contributed by atoms with E-state index in [0.29, 0.717) is 0 Å². The van der Waals surface area contributed by atoms with Crippen LogP contribution in [0.5, 0.6) is 0 Å². The van der Waals surface area contributed by atoms with Crippen molar-refractivity contribution in [3.63, 3.8) is 0 Å². The number of rotatable bonds is 0. The Bertz CT molecular complexity index is 1560. The standard InChI is InChI=1S/7CHF3O3S/c7*2-1(3,4)8(5,6)7/h7*(H,5,6,7). The number of hydrogen-bond donors (Lipinski definition) is 7. The molecule has 56 heavy (non-hydrogen) atoms. The molecule has 49 heteroatoms. The summed E-state index contributed by atoms with van der Waals surface area (Å²) in [5, 5.41) is 0. The second-order valence-corrected chi connectivity index (χ2v) is 16.3. The average molecular weight is 1050 g/mol. The zero-order chi connectivity index (χ0) is 49.0. The zero-order valence-corrected chi connectivity index (χ0v) is 28.9. The van der Waals surface area contributed by atoms with Crippen molar-refractivity contribution in [3.8, 4) is 0 Å². The van der Waals surface area contributed by atoms with Crippen LogP contribution in [0.4, 0.5) is 92.2 Å². The van der Waals surface area contributed by atoms with Gasteiger partial charge in [-0.1, -0.05) is 0 Å². The predicted octanol–water partition coefficient (Wildman–Crippen LogP) is 2.76. The van der Waals surface area contributed by atoms with Gasteiger partial charge in [-0.05, 0) is 0 Å². The molecular formula is C7H7F21O21S7. The minimum atomic E-state index is -5.84. The maximum atomic E-state index is 10.7. The van der Waals surface area contributed by atoms with Gasteiger partial charge in [0.2, 0.25) is 0 Å². The molecule has 350 valence electrons. The second kappa shape index (κ2) is 21.2. The fourth-order valence-corrected chi connectivity index (χ4v) is 0. The van der Waals surface area contributed by atoms with Crippen molar-refractivity contribution in [2.24, 2.45) is 0 Å². The van der Waals surface area contributed by atoms with Crippen LogP contribution >= 0.6 is 0 Å². The van der Waals surface area contributed by atoms with E-state index in [0.717, 1.165) is 0 Å². The van der Waals surface area contributed by atoms with E-state index in [1.54, 1.807) is 0 Å². The van der Waals surface area contributed by atoms with Crippen molar-refractivity contribution in [1.82, 2.24) is 0 Å². The molecule has 0 fully saturated rings. The summed E-state index contributed by atoms with van der Waals surface area (Å²) < 4.78 is 403. The van der Waals surface area contributed by atoms with Crippen molar-refractivity contribution in [3.05, 3.63) is 0 Å². The summed E-state index contributed by atoms with van der Waals surface area (Å²) in [7, 11) is -40.9. The number of hydrogen-bond acceptors (Lipinski definition) is 14. The van der Waals surface area contributed by atoms with E-state index in [-0.39, 0.29) is 0 Å². The molecule has 0 radical (unpaired) electrons. The molecule has 0 aromatic rings. The van der Waals surface area contributed by atoms with Crippen molar-refractivity contribution >= 4 is 70.8 Å². The SMILES string of the molecule is O=S(=O)(O)C(F)(F)F.O=S(=O)(O)C(F)(F)F.O=S(=O)(O)C(F)(F)F.O=S(=O)(O)C(F)(F)F.O=S(=O)(O)C(F)(F)F.O=S(=O)(O)C(F)(F)F.O=S(=O)(O)C(F)(F)F. The highest BCUT2D eigenvalue weighted by atomic mass is 32.2. The van der Waals surface area contributed by atoms with Crippen LogP contribution < -0.4 is 0 Å². The smallest absolute Gasteiger partial charge is 0.279 e. The monoisotopic (exact) mass is 1050 g/mol. The van der Waals surface area contributed by atoms with E-state index >= 15 is 0 Å². The first-order valence-corrected chi connectivity index (χ1v) is 19.1. The van der Waals surface area contributed by atoms with E-state index in [4.69, 9.17) is 90.8 Å². The molecule has 0 saturated heterocycles. The van der Waals surface area contributed by atoms with Crippen molar-refractivity contribution < 1.29 is 183 Å². The van der Waals surface area contributed by atoms with Crippen LogP contribution in [0.15, 0.2) is 0 Å². The highest BCUT2D eigenvalue weighted by Crippen LogP contribution is 2.24. The molecule has 0 rings (SSSR count). The van der Waals surface area contributed by atoms with Crippen LogP contribution in [0.3, 0.4) is 0 Å². The van der Waals surface area contributed by atoms with Crippen LogP contribution in [0, 0.1) is 0 Å². The lowest BCUT2D eigenvalue weighted by atomic mass is 11.6. The minimum absolute atomic E-state index is 5.53. The molecule has 0 aromatic heterocycles. The van der Waals surface area contributed by atoms with Crippen molar-refractivity contribution in [1.29, 1.82) is 0 Å². The molecule has 0 unspecified atom stereocenters. The molecule has 0 spiro atoms. The highest BCUT2D eigenvalue weighted by molar-refractivity contribution is 7.88.